The van der Waals surface area contributed by atoms with Crippen molar-refractivity contribution >= 4 is 5.97 Å². The highest BCUT2D eigenvalue weighted by molar-refractivity contribution is 5.69. The standard InChI is InChI=1S/C11H14FNO2/c1-8(14)15-10-4-2-3-9(7-10)11(13)5-6-12/h2-4,7,11H,5-6,13H2,1H3/t11-/m0/s1. The molecule has 1 rings (SSSR count). The average Bonchev–Trinajstić information content (AvgIpc) is 2.17. The van der Waals surface area contributed by atoms with Gasteiger partial charge in [0, 0.05) is 13.0 Å². The lowest BCUT2D eigenvalue weighted by Crippen LogP contribution is -2.11. The second-order valence-corrected chi connectivity index (χ2v) is 3.25. The number of alkyl halides is 1. The van der Waals surface area contributed by atoms with E-state index in [0.717, 1.165) is 5.56 Å². The molecule has 0 amide bonds. The van der Waals surface area contributed by atoms with Crippen LogP contribution in [0.4, 0.5) is 4.39 Å². The summed E-state index contributed by atoms with van der Waals surface area (Å²) in [6.45, 7) is 0.868. The summed E-state index contributed by atoms with van der Waals surface area (Å²) in [7, 11) is 0. The van der Waals surface area contributed by atoms with Gasteiger partial charge in [-0.15, -0.1) is 0 Å². The summed E-state index contributed by atoms with van der Waals surface area (Å²) in [5.74, 6) is 0.0560. The minimum atomic E-state index is -0.459. The molecule has 0 aromatic heterocycles. The van der Waals surface area contributed by atoms with Gasteiger partial charge >= 0.3 is 5.97 Å². The number of nitrogens with two attached hydrogens (primary N) is 1. The van der Waals surface area contributed by atoms with Crippen LogP contribution in [-0.2, 0) is 4.79 Å². The number of ether oxygens (including phenoxy) is 1. The smallest absolute Gasteiger partial charge is 0.308 e. The van der Waals surface area contributed by atoms with E-state index in [9.17, 15) is 9.18 Å². The van der Waals surface area contributed by atoms with Crippen LogP contribution in [0.3, 0.4) is 0 Å². The molecule has 4 heteroatoms. The molecule has 0 unspecified atom stereocenters. The van der Waals surface area contributed by atoms with E-state index in [1.807, 2.05) is 0 Å². The van der Waals surface area contributed by atoms with Crippen molar-refractivity contribution in [1.82, 2.24) is 0 Å². The van der Waals surface area contributed by atoms with E-state index in [2.05, 4.69) is 0 Å². The first-order chi connectivity index (χ1) is 7.13. The van der Waals surface area contributed by atoms with Gasteiger partial charge in [0.15, 0.2) is 0 Å². The lowest BCUT2D eigenvalue weighted by atomic mass is 10.1. The summed E-state index contributed by atoms with van der Waals surface area (Å²) < 4.78 is 17.0. The van der Waals surface area contributed by atoms with Crippen molar-refractivity contribution in [3.63, 3.8) is 0 Å². The van der Waals surface area contributed by atoms with Gasteiger partial charge < -0.3 is 10.5 Å². The predicted octanol–water partition coefficient (Wildman–Crippen LogP) is 1.97. The van der Waals surface area contributed by atoms with Crippen LogP contribution in [0.25, 0.3) is 0 Å². The number of esters is 1. The van der Waals surface area contributed by atoms with Crippen LogP contribution in [0.15, 0.2) is 24.3 Å². The van der Waals surface area contributed by atoms with Gasteiger partial charge in [-0.05, 0) is 24.1 Å². The Kier molecular flexibility index (Phi) is 4.24. The fourth-order valence-electron chi connectivity index (χ4n) is 1.26. The molecule has 0 aliphatic carbocycles. The number of halogens is 1. The predicted molar refractivity (Wildman–Crippen MR) is 55.3 cm³/mol. The molecule has 0 bridgehead atoms. The Morgan fingerprint density at radius 3 is 2.93 bits per heavy atom. The maximum Gasteiger partial charge on any atom is 0.308 e. The molecule has 1 aromatic carbocycles. The largest absolute Gasteiger partial charge is 0.427 e. The fourth-order valence-corrected chi connectivity index (χ4v) is 1.26. The SMILES string of the molecule is CC(=O)Oc1cccc([C@@H](N)CCF)c1. The van der Waals surface area contributed by atoms with Crippen molar-refractivity contribution < 1.29 is 13.9 Å². The molecule has 0 aliphatic rings. The molecule has 0 saturated heterocycles. The van der Waals surface area contributed by atoms with E-state index in [4.69, 9.17) is 10.5 Å². The van der Waals surface area contributed by atoms with Gasteiger partial charge in [0.2, 0.25) is 0 Å². The zero-order valence-corrected chi connectivity index (χ0v) is 8.57. The monoisotopic (exact) mass is 211 g/mol. The molecule has 82 valence electrons. The summed E-state index contributed by atoms with van der Waals surface area (Å²) in [4.78, 5) is 10.7. The van der Waals surface area contributed by atoms with E-state index >= 15 is 0 Å². The molecule has 0 spiro atoms. The van der Waals surface area contributed by atoms with Gasteiger partial charge in [0.05, 0.1) is 6.67 Å². The Labute approximate surface area is 88.0 Å². The minimum absolute atomic E-state index is 0.267. The average molecular weight is 211 g/mol. The summed E-state index contributed by atoms with van der Waals surface area (Å²) in [6.07, 6.45) is 0.267. The molecule has 0 heterocycles. The van der Waals surface area contributed by atoms with Gasteiger partial charge in [0.1, 0.15) is 5.75 Å². The number of carbonyl (C=O) groups excluding carboxylic acids is 1. The third kappa shape index (κ3) is 3.67. The summed E-state index contributed by atoms with van der Waals surface area (Å²) in [5, 5.41) is 0. The van der Waals surface area contributed by atoms with Crippen molar-refractivity contribution in [3.05, 3.63) is 29.8 Å². The molecule has 1 atom stereocenters. The Hall–Kier alpha value is -1.42. The Morgan fingerprint density at radius 1 is 1.60 bits per heavy atom. The molecule has 0 saturated carbocycles. The summed E-state index contributed by atoms with van der Waals surface area (Å²) in [6, 6.07) is 6.47. The van der Waals surface area contributed by atoms with Crippen LogP contribution < -0.4 is 10.5 Å². The quantitative estimate of drug-likeness (QED) is 0.612. The van der Waals surface area contributed by atoms with Gasteiger partial charge in [-0.25, -0.2) is 0 Å². The van der Waals surface area contributed by atoms with E-state index < -0.39 is 6.67 Å². The van der Waals surface area contributed by atoms with Crippen molar-refractivity contribution in [2.75, 3.05) is 6.67 Å². The van der Waals surface area contributed by atoms with Crippen molar-refractivity contribution in [2.24, 2.45) is 5.73 Å². The third-order valence-electron chi connectivity index (χ3n) is 1.97. The van der Waals surface area contributed by atoms with E-state index in [0.29, 0.717) is 5.75 Å². The van der Waals surface area contributed by atoms with Crippen molar-refractivity contribution in [3.8, 4) is 5.75 Å². The lowest BCUT2D eigenvalue weighted by Gasteiger charge is -2.10. The van der Waals surface area contributed by atoms with Crippen LogP contribution >= 0.6 is 0 Å². The molecule has 15 heavy (non-hydrogen) atoms. The molecule has 2 N–H and O–H groups in total. The maximum atomic E-state index is 12.1. The normalized spacial score (nSPS) is 12.2. The van der Waals surface area contributed by atoms with Crippen LogP contribution in [0.5, 0.6) is 5.75 Å². The Morgan fingerprint density at radius 2 is 2.33 bits per heavy atom. The van der Waals surface area contributed by atoms with Crippen LogP contribution in [0.1, 0.15) is 24.9 Å². The number of hydrogen-bond donors (Lipinski definition) is 1. The molecule has 0 aliphatic heterocycles. The minimum Gasteiger partial charge on any atom is -0.427 e. The topological polar surface area (TPSA) is 52.3 Å². The molecule has 1 aromatic rings. The van der Waals surface area contributed by atoms with Crippen LogP contribution in [0.2, 0.25) is 0 Å². The second-order valence-electron chi connectivity index (χ2n) is 3.25. The van der Waals surface area contributed by atoms with Gasteiger partial charge in [-0.3, -0.25) is 9.18 Å². The second kappa shape index (κ2) is 5.46. The lowest BCUT2D eigenvalue weighted by molar-refractivity contribution is -0.131. The van der Waals surface area contributed by atoms with E-state index in [-0.39, 0.29) is 18.4 Å². The Balaban J connectivity index is 2.77. The van der Waals surface area contributed by atoms with E-state index in [1.54, 1.807) is 24.3 Å². The summed E-state index contributed by atoms with van der Waals surface area (Å²) in [5.41, 5.74) is 6.49. The number of hydrogen-bond acceptors (Lipinski definition) is 3. The highest BCUT2D eigenvalue weighted by atomic mass is 19.1. The zero-order valence-electron chi connectivity index (χ0n) is 8.57. The first kappa shape index (κ1) is 11.7. The highest BCUT2D eigenvalue weighted by Gasteiger charge is 2.07. The molecule has 0 radical (unpaired) electrons. The number of carbonyl (C=O) groups is 1. The highest BCUT2D eigenvalue weighted by Crippen LogP contribution is 2.20. The van der Waals surface area contributed by atoms with Crippen molar-refractivity contribution in [2.45, 2.75) is 19.4 Å². The number of rotatable bonds is 4. The first-order valence-corrected chi connectivity index (χ1v) is 4.73. The van der Waals surface area contributed by atoms with E-state index in [1.165, 1.54) is 6.92 Å². The molecule has 3 nitrogen and oxygen atoms in total. The molecule has 0 fully saturated rings. The van der Waals surface area contributed by atoms with Crippen LogP contribution in [0, 0.1) is 0 Å². The maximum absolute atomic E-state index is 12.1. The van der Waals surface area contributed by atoms with Gasteiger partial charge in [-0.1, -0.05) is 12.1 Å². The molecular weight excluding hydrogens is 197 g/mol. The third-order valence-corrected chi connectivity index (χ3v) is 1.97. The van der Waals surface area contributed by atoms with Gasteiger partial charge in [0.25, 0.3) is 0 Å². The molecular formula is C11H14FNO2. The fraction of sp³-hybridized carbons (Fsp3) is 0.364. The van der Waals surface area contributed by atoms with Crippen molar-refractivity contribution in [1.29, 1.82) is 0 Å². The summed E-state index contributed by atoms with van der Waals surface area (Å²) >= 11 is 0. The zero-order chi connectivity index (χ0) is 11.3. The number of benzene rings is 1. The van der Waals surface area contributed by atoms with Gasteiger partial charge in [-0.2, -0.15) is 0 Å². The van der Waals surface area contributed by atoms with Crippen LogP contribution in [-0.4, -0.2) is 12.6 Å². The Bertz CT molecular complexity index is 341. The first-order valence-electron chi connectivity index (χ1n) is 4.73.